The van der Waals surface area contributed by atoms with Gasteiger partial charge in [-0.1, -0.05) is 12.2 Å². The van der Waals surface area contributed by atoms with E-state index in [1.54, 1.807) is 26.0 Å². The Morgan fingerprint density at radius 3 is 1.89 bits per heavy atom. The van der Waals surface area contributed by atoms with Crippen molar-refractivity contribution in [3.05, 3.63) is 12.2 Å². The Bertz CT molecular complexity index is 301. The van der Waals surface area contributed by atoms with Gasteiger partial charge in [0.25, 0.3) is 0 Å². The minimum Gasteiger partial charge on any atom is -0.465 e. The smallest absolute Gasteiger partial charge is 0.320 e. The van der Waals surface area contributed by atoms with Crippen LogP contribution >= 0.6 is 0 Å². The number of carbonyl (C=O) groups is 3. The summed E-state index contributed by atoms with van der Waals surface area (Å²) in [6.07, 6.45) is 3.73. The summed E-state index contributed by atoms with van der Waals surface area (Å²) in [7, 11) is 0. The minimum atomic E-state index is -0.951. The van der Waals surface area contributed by atoms with E-state index >= 15 is 0 Å². The van der Waals surface area contributed by atoms with Crippen LogP contribution in [0.25, 0.3) is 0 Å². The molecule has 0 spiro atoms. The second kappa shape index (κ2) is 9.39. The summed E-state index contributed by atoms with van der Waals surface area (Å²) in [5.41, 5.74) is 0. The molecule has 0 rings (SSSR count). The molecule has 0 saturated carbocycles. The lowest BCUT2D eigenvalue weighted by molar-refractivity contribution is -0.161. The molecule has 0 aliphatic heterocycles. The maximum atomic E-state index is 11.6. The molecule has 0 aliphatic carbocycles. The van der Waals surface area contributed by atoms with E-state index in [-0.39, 0.29) is 25.4 Å². The van der Waals surface area contributed by atoms with Crippen LogP contribution in [0.15, 0.2) is 12.2 Å². The van der Waals surface area contributed by atoms with Gasteiger partial charge in [-0.3, -0.25) is 14.4 Å². The van der Waals surface area contributed by atoms with Gasteiger partial charge in [0.2, 0.25) is 0 Å². The zero-order valence-corrected chi connectivity index (χ0v) is 11.1. The van der Waals surface area contributed by atoms with Crippen LogP contribution in [0.1, 0.15) is 33.6 Å². The number of Topliss-reactive ketones (excluding diaryl/α,β-unsaturated/α-hetero) is 1. The second-order valence-electron chi connectivity index (χ2n) is 3.67. The van der Waals surface area contributed by atoms with Crippen LogP contribution in [0.4, 0.5) is 0 Å². The summed E-state index contributed by atoms with van der Waals surface area (Å²) in [5, 5.41) is 0. The minimum absolute atomic E-state index is 0.0232. The van der Waals surface area contributed by atoms with Crippen molar-refractivity contribution in [2.45, 2.75) is 33.6 Å². The van der Waals surface area contributed by atoms with Gasteiger partial charge < -0.3 is 9.47 Å². The summed E-state index contributed by atoms with van der Waals surface area (Å²) in [6, 6.07) is 0. The predicted octanol–water partition coefficient (Wildman–Crippen LogP) is 1.65. The van der Waals surface area contributed by atoms with Crippen LogP contribution in [0, 0.1) is 5.92 Å². The van der Waals surface area contributed by atoms with Gasteiger partial charge in [0.05, 0.1) is 13.2 Å². The van der Waals surface area contributed by atoms with Gasteiger partial charge in [-0.2, -0.15) is 0 Å². The lowest BCUT2D eigenvalue weighted by atomic mass is 10.1. The van der Waals surface area contributed by atoms with Gasteiger partial charge in [-0.05, 0) is 27.2 Å². The average molecular weight is 256 g/mol. The lowest BCUT2D eigenvalue weighted by Gasteiger charge is -2.12. The standard InChI is InChI=1S/C13H20O5/c1-4-17-12(15)11(13(16)18-5-2)9-7-6-8-10(3)14/h6-7,11H,4-5,8-9H2,1-3H3/b7-6+. The fourth-order valence-electron chi connectivity index (χ4n) is 1.26. The Kier molecular flexibility index (Phi) is 8.53. The number of hydrogen-bond donors (Lipinski definition) is 0. The highest BCUT2D eigenvalue weighted by Gasteiger charge is 2.27. The van der Waals surface area contributed by atoms with E-state index in [1.165, 1.54) is 6.92 Å². The predicted molar refractivity (Wildman–Crippen MR) is 65.8 cm³/mol. The fourth-order valence-corrected chi connectivity index (χ4v) is 1.26. The maximum Gasteiger partial charge on any atom is 0.320 e. The number of ketones is 1. The zero-order valence-electron chi connectivity index (χ0n) is 11.1. The van der Waals surface area contributed by atoms with Gasteiger partial charge in [0.1, 0.15) is 5.78 Å². The third kappa shape index (κ3) is 6.83. The molecular formula is C13H20O5. The normalized spacial score (nSPS) is 10.7. The molecular weight excluding hydrogens is 236 g/mol. The molecule has 102 valence electrons. The summed E-state index contributed by atoms with van der Waals surface area (Å²) in [6.45, 7) is 5.24. The molecule has 0 heterocycles. The first-order valence-corrected chi connectivity index (χ1v) is 6.00. The van der Waals surface area contributed by atoms with Gasteiger partial charge in [-0.15, -0.1) is 0 Å². The van der Waals surface area contributed by atoms with Crippen LogP contribution in [-0.4, -0.2) is 30.9 Å². The maximum absolute atomic E-state index is 11.6. The monoisotopic (exact) mass is 256 g/mol. The molecule has 5 nitrogen and oxygen atoms in total. The molecule has 0 aromatic carbocycles. The van der Waals surface area contributed by atoms with E-state index in [0.717, 1.165) is 0 Å². The van der Waals surface area contributed by atoms with Crippen LogP contribution in [-0.2, 0) is 23.9 Å². The summed E-state index contributed by atoms with van der Waals surface area (Å²) >= 11 is 0. The molecule has 0 bridgehead atoms. The van der Waals surface area contributed by atoms with E-state index in [9.17, 15) is 14.4 Å². The van der Waals surface area contributed by atoms with E-state index in [0.29, 0.717) is 6.42 Å². The van der Waals surface area contributed by atoms with E-state index in [1.807, 2.05) is 0 Å². The van der Waals surface area contributed by atoms with Crippen molar-refractivity contribution in [2.24, 2.45) is 5.92 Å². The molecule has 0 atom stereocenters. The van der Waals surface area contributed by atoms with Crippen molar-refractivity contribution in [1.29, 1.82) is 0 Å². The molecule has 0 radical (unpaired) electrons. The average Bonchev–Trinajstić information content (AvgIpc) is 2.28. The molecule has 0 amide bonds. The highest BCUT2D eigenvalue weighted by Crippen LogP contribution is 2.10. The molecule has 0 saturated heterocycles. The number of carbonyl (C=O) groups excluding carboxylic acids is 3. The van der Waals surface area contributed by atoms with E-state index in [2.05, 4.69) is 0 Å². The van der Waals surface area contributed by atoms with Crippen molar-refractivity contribution in [1.82, 2.24) is 0 Å². The molecule has 5 heteroatoms. The number of esters is 2. The van der Waals surface area contributed by atoms with Crippen molar-refractivity contribution in [2.75, 3.05) is 13.2 Å². The largest absolute Gasteiger partial charge is 0.465 e. The first-order valence-electron chi connectivity index (χ1n) is 6.00. The quantitative estimate of drug-likeness (QED) is 0.375. The number of allylic oxidation sites excluding steroid dienone is 2. The Morgan fingerprint density at radius 2 is 1.50 bits per heavy atom. The Balaban J connectivity index is 4.47. The summed E-state index contributed by atoms with van der Waals surface area (Å²) < 4.78 is 9.62. The van der Waals surface area contributed by atoms with Crippen LogP contribution in [0.3, 0.4) is 0 Å². The SMILES string of the molecule is CCOC(=O)C(C/C=C/CC(C)=O)C(=O)OCC. The van der Waals surface area contributed by atoms with Gasteiger partial charge >= 0.3 is 11.9 Å². The van der Waals surface area contributed by atoms with E-state index < -0.39 is 17.9 Å². The van der Waals surface area contributed by atoms with Gasteiger partial charge in [0.15, 0.2) is 5.92 Å². The first-order chi connectivity index (χ1) is 8.52. The van der Waals surface area contributed by atoms with Crippen molar-refractivity contribution in [3.8, 4) is 0 Å². The van der Waals surface area contributed by atoms with E-state index in [4.69, 9.17) is 9.47 Å². The fraction of sp³-hybridized carbons (Fsp3) is 0.615. The Hall–Kier alpha value is -1.65. The number of ether oxygens (including phenoxy) is 2. The number of rotatable bonds is 8. The highest BCUT2D eigenvalue weighted by molar-refractivity contribution is 5.95. The van der Waals surface area contributed by atoms with Crippen molar-refractivity contribution >= 4 is 17.7 Å². The third-order valence-corrected chi connectivity index (χ3v) is 2.09. The molecule has 0 N–H and O–H groups in total. The Morgan fingerprint density at radius 1 is 1.00 bits per heavy atom. The topological polar surface area (TPSA) is 69.7 Å². The molecule has 0 fully saturated rings. The molecule has 0 unspecified atom stereocenters. The third-order valence-electron chi connectivity index (χ3n) is 2.09. The lowest BCUT2D eigenvalue weighted by Crippen LogP contribution is -2.27. The van der Waals surface area contributed by atoms with Gasteiger partial charge in [-0.25, -0.2) is 0 Å². The molecule has 0 aliphatic rings. The summed E-state index contributed by atoms with van der Waals surface area (Å²) in [4.78, 5) is 33.9. The molecule has 0 aromatic rings. The summed E-state index contributed by atoms with van der Waals surface area (Å²) in [5.74, 6) is -2.12. The van der Waals surface area contributed by atoms with Gasteiger partial charge in [0, 0.05) is 6.42 Å². The van der Waals surface area contributed by atoms with Crippen LogP contribution in [0.5, 0.6) is 0 Å². The molecule has 0 aromatic heterocycles. The van der Waals surface area contributed by atoms with Crippen LogP contribution < -0.4 is 0 Å². The highest BCUT2D eigenvalue weighted by atomic mass is 16.6. The Labute approximate surface area is 107 Å². The first kappa shape index (κ1) is 16.4. The van der Waals surface area contributed by atoms with Crippen molar-refractivity contribution in [3.63, 3.8) is 0 Å². The van der Waals surface area contributed by atoms with Crippen molar-refractivity contribution < 1.29 is 23.9 Å². The van der Waals surface area contributed by atoms with Crippen LogP contribution in [0.2, 0.25) is 0 Å². The second-order valence-corrected chi connectivity index (χ2v) is 3.67. The number of hydrogen-bond acceptors (Lipinski definition) is 5. The molecule has 18 heavy (non-hydrogen) atoms. The zero-order chi connectivity index (χ0) is 14.0.